The fourth-order valence-electron chi connectivity index (χ4n) is 1.34. The van der Waals surface area contributed by atoms with Gasteiger partial charge < -0.3 is 10.1 Å². The second kappa shape index (κ2) is 5.73. The number of rotatable bonds is 1. The van der Waals surface area contributed by atoms with Crippen LogP contribution in [0.5, 0.6) is 0 Å². The van der Waals surface area contributed by atoms with Crippen molar-refractivity contribution in [2.45, 2.75) is 6.92 Å². The number of ether oxygens (including phenoxy) is 1. The van der Waals surface area contributed by atoms with Gasteiger partial charge in [0.05, 0.1) is 13.2 Å². The lowest BCUT2D eigenvalue weighted by molar-refractivity contribution is 0.171. The predicted molar refractivity (Wildman–Crippen MR) is 65.2 cm³/mol. The lowest BCUT2D eigenvalue weighted by Crippen LogP contribution is -2.24. The van der Waals surface area contributed by atoms with Crippen LogP contribution in [0.4, 0.5) is 5.69 Å². The molecule has 0 aromatic heterocycles. The molecule has 1 aliphatic rings. The minimum absolute atomic E-state index is 0. The van der Waals surface area contributed by atoms with Crippen LogP contribution < -0.4 is 5.32 Å². The molecule has 3 nitrogen and oxygen atoms in total. The van der Waals surface area contributed by atoms with Gasteiger partial charge in [0, 0.05) is 5.69 Å². The molecule has 1 heterocycles. The predicted octanol–water partition coefficient (Wildman–Crippen LogP) is 2.26. The quantitative estimate of drug-likeness (QED) is 0.797. The zero-order valence-corrected chi connectivity index (χ0v) is 9.51. The number of hydrogen-bond donors (Lipinski definition) is 1. The van der Waals surface area contributed by atoms with E-state index in [0.29, 0.717) is 6.61 Å². The fourth-order valence-corrected chi connectivity index (χ4v) is 1.34. The fraction of sp³-hybridized carbons (Fsp3) is 0.364. The highest BCUT2D eigenvalue weighted by Crippen LogP contribution is 2.09. The molecule has 0 fully saturated rings. The maximum absolute atomic E-state index is 5.28. The number of hydrogen-bond acceptors (Lipinski definition) is 3. The Kier molecular flexibility index (Phi) is 4.59. The molecule has 0 spiro atoms. The molecule has 0 radical (unpaired) electrons. The Bertz CT molecular complexity index is 335. The summed E-state index contributed by atoms with van der Waals surface area (Å²) in [7, 11) is 0. The van der Waals surface area contributed by atoms with Crippen LogP contribution in [0, 0.1) is 6.92 Å². The van der Waals surface area contributed by atoms with Crippen molar-refractivity contribution in [3.8, 4) is 0 Å². The van der Waals surface area contributed by atoms with E-state index in [1.807, 2.05) is 12.1 Å². The number of amidine groups is 1. The van der Waals surface area contributed by atoms with Gasteiger partial charge in [-0.05, 0) is 19.1 Å². The second-order valence-electron chi connectivity index (χ2n) is 3.37. The van der Waals surface area contributed by atoms with E-state index >= 15 is 0 Å². The molecule has 0 atom stereocenters. The summed E-state index contributed by atoms with van der Waals surface area (Å²) in [6.45, 7) is 4.16. The molecule has 2 rings (SSSR count). The topological polar surface area (TPSA) is 33.6 Å². The summed E-state index contributed by atoms with van der Waals surface area (Å²) < 4.78 is 5.28. The molecular formula is C11H15ClN2O. The van der Waals surface area contributed by atoms with E-state index in [-0.39, 0.29) is 12.4 Å². The van der Waals surface area contributed by atoms with Crippen LogP contribution in [0.25, 0.3) is 0 Å². The second-order valence-corrected chi connectivity index (χ2v) is 3.37. The van der Waals surface area contributed by atoms with Crippen LogP contribution in [0.3, 0.4) is 0 Å². The van der Waals surface area contributed by atoms with Crippen LogP contribution in [0.1, 0.15) is 5.56 Å². The maximum Gasteiger partial charge on any atom is 0.127 e. The molecular weight excluding hydrogens is 212 g/mol. The first kappa shape index (κ1) is 12.0. The summed E-state index contributed by atoms with van der Waals surface area (Å²) >= 11 is 0. The third kappa shape index (κ3) is 3.53. The molecule has 82 valence electrons. The van der Waals surface area contributed by atoms with Gasteiger partial charge in [-0.2, -0.15) is 0 Å². The van der Waals surface area contributed by atoms with Crippen LogP contribution >= 0.6 is 12.4 Å². The van der Waals surface area contributed by atoms with Crippen molar-refractivity contribution in [1.29, 1.82) is 0 Å². The number of aliphatic imine (C=N–C) groups is 1. The molecule has 0 aliphatic carbocycles. The lowest BCUT2D eigenvalue weighted by Gasteiger charge is -2.14. The van der Waals surface area contributed by atoms with Crippen LogP contribution in [0.15, 0.2) is 29.3 Å². The Labute approximate surface area is 96.0 Å². The Morgan fingerprint density at radius 3 is 2.60 bits per heavy atom. The van der Waals surface area contributed by atoms with Crippen molar-refractivity contribution in [2.75, 3.05) is 25.1 Å². The molecule has 0 bridgehead atoms. The molecule has 1 aromatic carbocycles. The van der Waals surface area contributed by atoms with E-state index in [0.717, 1.165) is 24.7 Å². The van der Waals surface area contributed by atoms with Gasteiger partial charge in [0.25, 0.3) is 0 Å². The number of benzene rings is 1. The highest BCUT2D eigenvalue weighted by molar-refractivity contribution is 5.96. The molecule has 0 unspecified atom stereocenters. The lowest BCUT2D eigenvalue weighted by atomic mass is 10.2. The summed E-state index contributed by atoms with van der Waals surface area (Å²) in [5.41, 5.74) is 2.33. The van der Waals surface area contributed by atoms with Crippen LogP contribution in [-0.2, 0) is 4.74 Å². The monoisotopic (exact) mass is 226 g/mol. The highest BCUT2D eigenvalue weighted by atomic mass is 35.5. The Morgan fingerprint density at radius 1 is 1.27 bits per heavy atom. The average Bonchev–Trinajstić information content (AvgIpc) is 2.23. The third-order valence-electron chi connectivity index (χ3n) is 2.12. The van der Waals surface area contributed by atoms with Crippen molar-refractivity contribution < 1.29 is 4.74 Å². The molecule has 0 saturated carbocycles. The third-order valence-corrected chi connectivity index (χ3v) is 2.12. The Hall–Kier alpha value is -1.06. The number of nitrogens with one attached hydrogen (secondary N) is 1. The summed E-state index contributed by atoms with van der Waals surface area (Å²) in [6.07, 6.45) is 0. The minimum Gasteiger partial charge on any atom is -0.372 e. The SMILES string of the molecule is Cc1ccc(NC2=NCCOC2)cc1.Cl. The van der Waals surface area contributed by atoms with Gasteiger partial charge in [0.1, 0.15) is 12.4 Å². The van der Waals surface area contributed by atoms with Gasteiger partial charge in [-0.1, -0.05) is 17.7 Å². The zero-order chi connectivity index (χ0) is 9.80. The zero-order valence-electron chi connectivity index (χ0n) is 8.69. The first-order valence-corrected chi connectivity index (χ1v) is 4.79. The highest BCUT2D eigenvalue weighted by Gasteiger charge is 2.04. The number of nitrogens with zero attached hydrogens (tertiary/aromatic N) is 1. The molecule has 4 heteroatoms. The van der Waals surface area contributed by atoms with Crippen molar-refractivity contribution in [2.24, 2.45) is 4.99 Å². The van der Waals surface area contributed by atoms with Gasteiger partial charge in [-0.3, -0.25) is 4.99 Å². The van der Waals surface area contributed by atoms with Crippen molar-refractivity contribution in [3.63, 3.8) is 0 Å². The van der Waals surface area contributed by atoms with Gasteiger partial charge >= 0.3 is 0 Å². The van der Waals surface area contributed by atoms with E-state index in [9.17, 15) is 0 Å². The van der Waals surface area contributed by atoms with Gasteiger partial charge in [0.2, 0.25) is 0 Å². The Morgan fingerprint density at radius 2 is 2.00 bits per heavy atom. The summed E-state index contributed by atoms with van der Waals surface area (Å²) in [4.78, 5) is 4.33. The molecule has 1 N–H and O–H groups in total. The smallest absolute Gasteiger partial charge is 0.127 e. The molecule has 15 heavy (non-hydrogen) atoms. The van der Waals surface area contributed by atoms with E-state index in [1.54, 1.807) is 0 Å². The maximum atomic E-state index is 5.28. The van der Waals surface area contributed by atoms with Gasteiger partial charge in [-0.25, -0.2) is 0 Å². The minimum atomic E-state index is 0. The van der Waals surface area contributed by atoms with E-state index in [4.69, 9.17) is 4.74 Å². The largest absolute Gasteiger partial charge is 0.372 e. The summed E-state index contributed by atoms with van der Waals surface area (Å²) in [5, 5.41) is 3.23. The Balaban J connectivity index is 0.00000112. The summed E-state index contributed by atoms with van der Waals surface area (Å²) in [6, 6.07) is 8.25. The van der Waals surface area contributed by atoms with E-state index in [2.05, 4.69) is 29.4 Å². The standard InChI is InChI=1S/C11H14N2O.ClH/c1-9-2-4-10(5-3-9)13-11-8-14-7-6-12-11;/h2-5H,6-8H2,1H3,(H,12,13);1H. The normalized spacial score (nSPS) is 15.1. The van der Waals surface area contributed by atoms with Gasteiger partial charge in [-0.15, -0.1) is 12.4 Å². The number of halogens is 1. The van der Waals surface area contributed by atoms with Gasteiger partial charge in [0.15, 0.2) is 0 Å². The van der Waals surface area contributed by atoms with Crippen molar-refractivity contribution in [1.82, 2.24) is 0 Å². The molecule has 1 aromatic rings. The first-order chi connectivity index (χ1) is 6.84. The molecule has 0 amide bonds. The van der Waals surface area contributed by atoms with Crippen molar-refractivity contribution >= 4 is 23.9 Å². The number of aryl methyl sites for hydroxylation is 1. The van der Waals surface area contributed by atoms with Crippen LogP contribution in [0.2, 0.25) is 0 Å². The average molecular weight is 227 g/mol. The van der Waals surface area contributed by atoms with Crippen LogP contribution in [-0.4, -0.2) is 25.6 Å². The first-order valence-electron chi connectivity index (χ1n) is 4.79. The van der Waals surface area contributed by atoms with E-state index < -0.39 is 0 Å². The van der Waals surface area contributed by atoms with E-state index in [1.165, 1.54) is 5.56 Å². The molecule has 1 aliphatic heterocycles. The summed E-state index contributed by atoms with van der Waals surface area (Å²) in [5.74, 6) is 0.917. The number of anilines is 1. The molecule has 0 saturated heterocycles. The van der Waals surface area contributed by atoms with Crippen molar-refractivity contribution in [3.05, 3.63) is 29.8 Å².